The predicted molar refractivity (Wildman–Crippen MR) is 133 cm³/mol. The molecule has 32 heavy (non-hydrogen) atoms. The summed E-state index contributed by atoms with van der Waals surface area (Å²) < 4.78 is 0. The van der Waals surface area contributed by atoms with Crippen LogP contribution in [0.5, 0.6) is 0 Å². The van der Waals surface area contributed by atoms with Gasteiger partial charge in [0.15, 0.2) is 8.07 Å². The Hall–Kier alpha value is -1.41. The summed E-state index contributed by atoms with van der Waals surface area (Å²) >= 11 is 3.10. The molecule has 0 aromatic heterocycles. The summed E-state index contributed by atoms with van der Waals surface area (Å²) in [5.41, 5.74) is 5.20. The van der Waals surface area contributed by atoms with Crippen molar-refractivity contribution in [3.63, 3.8) is 0 Å². The molecular formula is C19H37N3O7S2Si. The van der Waals surface area contributed by atoms with Crippen LogP contribution < -0.4 is 11.1 Å². The molecule has 0 rings (SSSR count). The Labute approximate surface area is 199 Å². The third kappa shape index (κ3) is 17.2. The molecule has 2 unspecified atom stereocenters. The minimum absolute atomic E-state index is 0. The zero-order valence-electron chi connectivity index (χ0n) is 19.0. The quantitative estimate of drug-likeness (QED) is 0.0354. The van der Waals surface area contributed by atoms with Crippen molar-refractivity contribution < 1.29 is 34.4 Å². The van der Waals surface area contributed by atoms with Gasteiger partial charge in [-0.15, -0.1) is 11.8 Å². The van der Waals surface area contributed by atoms with Crippen molar-refractivity contribution >= 4 is 61.6 Å². The van der Waals surface area contributed by atoms with Gasteiger partial charge >= 0.3 is 0 Å². The summed E-state index contributed by atoms with van der Waals surface area (Å²) in [4.78, 5) is 58.5. The normalized spacial score (nSPS) is 13.1. The van der Waals surface area contributed by atoms with Crippen LogP contribution in [0.2, 0.25) is 12.6 Å². The van der Waals surface area contributed by atoms with E-state index in [1.807, 2.05) is 6.92 Å². The standard InChI is InChI=1S/C19H35N3O6S2Si.H2O/c1-16(19(26)22-7-9-29-11-17(2)18(20)25)5-8-30-15-28-27-12-21-6-4-10-31(3,13-23)14-24;/h12-14,16-17H,4-11,15H2,1-3H3,(H2,20,25)(H,22,26);1H2. The zero-order chi connectivity index (χ0) is 23.5. The lowest BCUT2D eigenvalue weighted by atomic mass is 10.1. The first-order valence-corrected chi connectivity index (χ1v) is 15.3. The first-order valence-electron chi connectivity index (χ1n) is 10.2. The fraction of sp³-hybridized carbons (Fsp3) is 0.737. The third-order valence-electron chi connectivity index (χ3n) is 4.40. The first-order chi connectivity index (χ1) is 14.8. The maximum absolute atomic E-state index is 12.0. The molecule has 0 spiro atoms. The van der Waals surface area contributed by atoms with Crippen molar-refractivity contribution in [2.24, 2.45) is 22.6 Å². The van der Waals surface area contributed by atoms with E-state index in [2.05, 4.69) is 10.3 Å². The average molecular weight is 512 g/mol. The van der Waals surface area contributed by atoms with Crippen LogP contribution in [0.4, 0.5) is 0 Å². The molecule has 0 aliphatic heterocycles. The molecule has 0 heterocycles. The lowest BCUT2D eigenvalue weighted by Crippen LogP contribution is -2.35. The van der Waals surface area contributed by atoms with Crippen LogP contribution in [0.1, 0.15) is 26.7 Å². The van der Waals surface area contributed by atoms with E-state index in [0.717, 1.165) is 29.7 Å². The van der Waals surface area contributed by atoms with E-state index < -0.39 is 8.07 Å². The Morgan fingerprint density at radius 2 is 1.84 bits per heavy atom. The molecule has 0 aliphatic carbocycles. The highest BCUT2D eigenvalue weighted by Crippen LogP contribution is 2.11. The Balaban J connectivity index is 0. The maximum Gasteiger partial charge on any atom is 0.222 e. The summed E-state index contributed by atoms with van der Waals surface area (Å²) in [7, 11) is -2.38. The van der Waals surface area contributed by atoms with E-state index >= 15 is 0 Å². The molecule has 13 heteroatoms. The van der Waals surface area contributed by atoms with Crippen LogP contribution in [0.25, 0.3) is 0 Å². The molecule has 0 saturated carbocycles. The number of aliphatic imine (C=N–C) groups is 1. The number of hydrogen-bond acceptors (Lipinski definition) is 9. The van der Waals surface area contributed by atoms with Gasteiger partial charge in [-0.1, -0.05) is 20.4 Å². The van der Waals surface area contributed by atoms with Crippen LogP contribution in [0.15, 0.2) is 4.99 Å². The second-order valence-electron chi connectivity index (χ2n) is 7.46. The van der Waals surface area contributed by atoms with Gasteiger partial charge < -0.3 is 31.0 Å². The molecule has 0 aromatic carbocycles. The van der Waals surface area contributed by atoms with Crippen molar-refractivity contribution in [2.45, 2.75) is 39.3 Å². The highest BCUT2D eigenvalue weighted by atomic mass is 32.2. The lowest BCUT2D eigenvalue weighted by Gasteiger charge is -2.12. The second kappa shape index (κ2) is 20.2. The minimum Gasteiger partial charge on any atom is -0.412 e. The fourth-order valence-corrected chi connectivity index (χ4v) is 4.99. The van der Waals surface area contributed by atoms with Gasteiger partial charge in [-0.2, -0.15) is 16.6 Å². The van der Waals surface area contributed by atoms with Gasteiger partial charge in [0.25, 0.3) is 0 Å². The van der Waals surface area contributed by atoms with Gasteiger partial charge in [-0.3, -0.25) is 14.6 Å². The zero-order valence-corrected chi connectivity index (χ0v) is 21.7. The molecule has 0 bridgehead atoms. The van der Waals surface area contributed by atoms with E-state index in [-0.39, 0.29) is 29.1 Å². The van der Waals surface area contributed by atoms with Crippen molar-refractivity contribution in [3.8, 4) is 0 Å². The summed E-state index contributed by atoms with van der Waals surface area (Å²) in [6, 6.07) is 0.577. The Morgan fingerprint density at radius 1 is 1.16 bits per heavy atom. The molecule has 0 radical (unpaired) electrons. The van der Waals surface area contributed by atoms with E-state index in [4.69, 9.17) is 15.5 Å². The maximum atomic E-state index is 12.0. The monoisotopic (exact) mass is 511 g/mol. The highest BCUT2D eigenvalue weighted by molar-refractivity contribution is 7.99. The number of nitrogens with one attached hydrogen (secondary N) is 1. The smallest absolute Gasteiger partial charge is 0.222 e. The predicted octanol–water partition coefficient (Wildman–Crippen LogP) is 0.838. The van der Waals surface area contributed by atoms with Crippen LogP contribution in [0, 0.1) is 11.8 Å². The summed E-state index contributed by atoms with van der Waals surface area (Å²) in [6.07, 6.45) is 2.58. The number of nitrogens with zero attached hydrogens (tertiary/aromatic N) is 1. The molecule has 5 N–H and O–H groups in total. The molecule has 186 valence electrons. The van der Waals surface area contributed by atoms with Gasteiger partial charge in [0.1, 0.15) is 17.8 Å². The number of amides is 2. The van der Waals surface area contributed by atoms with Crippen LogP contribution in [0.3, 0.4) is 0 Å². The number of carbonyl (C=O) groups is 4. The number of rotatable bonds is 20. The number of hydrogen-bond donors (Lipinski definition) is 2. The van der Waals surface area contributed by atoms with Crippen molar-refractivity contribution in [1.29, 1.82) is 0 Å². The fourth-order valence-electron chi connectivity index (χ4n) is 2.09. The van der Waals surface area contributed by atoms with E-state index in [1.165, 1.54) is 18.2 Å². The third-order valence-corrected chi connectivity index (χ3v) is 8.92. The number of primary amides is 1. The van der Waals surface area contributed by atoms with Crippen molar-refractivity contribution in [3.05, 3.63) is 0 Å². The first kappa shape index (κ1) is 32.8. The Bertz CT molecular complexity index is 577. The van der Waals surface area contributed by atoms with E-state index in [1.54, 1.807) is 25.2 Å². The van der Waals surface area contributed by atoms with Crippen LogP contribution in [-0.4, -0.2) is 79.9 Å². The lowest BCUT2D eigenvalue weighted by molar-refractivity contribution is -0.196. The number of nitrogens with two attached hydrogens (primary N) is 1. The van der Waals surface area contributed by atoms with Gasteiger partial charge in [0.2, 0.25) is 18.2 Å². The van der Waals surface area contributed by atoms with Crippen molar-refractivity contribution in [2.75, 3.05) is 36.3 Å². The van der Waals surface area contributed by atoms with Gasteiger partial charge in [0.05, 0.1) is 0 Å². The average Bonchev–Trinajstić information content (AvgIpc) is 2.76. The molecule has 2 amide bonds. The molecule has 0 saturated heterocycles. The summed E-state index contributed by atoms with van der Waals surface area (Å²) in [6.45, 7) is 6.43. The largest absolute Gasteiger partial charge is 0.412 e. The number of thioether (sulfide) groups is 2. The summed E-state index contributed by atoms with van der Waals surface area (Å²) in [5.74, 6) is 3.49. The van der Waals surface area contributed by atoms with Crippen LogP contribution >= 0.6 is 23.5 Å². The molecule has 0 fully saturated rings. The second-order valence-corrected chi connectivity index (χ2v) is 13.6. The summed E-state index contributed by atoms with van der Waals surface area (Å²) in [5, 5.41) is 2.89. The molecule has 10 nitrogen and oxygen atoms in total. The number of carbonyl (C=O) groups excluding carboxylic acids is 4. The minimum atomic E-state index is -2.38. The van der Waals surface area contributed by atoms with E-state index in [9.17, 15) is 19.2 Å². The highest BCUT2D eigenvalue weighted by Gasteiger charge is 2.25. The molecule has 0 aliphatic rings. The Kier molecular flexibility index (Phi) is 20.7. The van der Waals surface area contributed by atoms with Gasteiger partial charge in [-0.05, 0) is 24.6 Å². The topological polar surface area (TPSA) is 169 Å². The SMILES string of the molecule is CC(CSCCNC(=O)C(C)CCSCOOC=NCCC[Si](C)(C=O)C=O)C(N)=O.O. The van der Waals surface area contributed by atoms with Gasteiger partial charge in [0, 0.05) is 36.4 Å². The van der Waals surface area contributed by atoms with Crippen molar-refractivity contribution in [1.82, 2.24) is 5.32 Å². The molecular weight excluding hydrogens is 474 g/mol. The van der Waals surface area contributed by atoms with Gasteiger partial charge in [-0.25, -0.2) is 0 Å². The molecule has 0 aromatic rings. The molecule has 2 atom stereocenters. The Morgan fingerprint density at radius 3 is 2.47 bits per heavy atom. The van der Waals surface area contributed by atoms with Crippen LogP contribution in [-0.2, 0) is 29.0 Å². The van der Waals surface area contributed by atoms with E-state index in [0.29, 0.717) is 37.2 Å².